The maximum Gasteiger partial charge on any atom is 0.329 e. The quantitative estimate of drug-likeness (QED) is 0.809. The van der Waals surface area contributed by atoms with Gasteiger partial charge in [0.1, 0.15) is 5.54 Å². The fourth-order valence-electron chi connectivity index (χ4n) is 2.99. The molecule has 0 aromatic carbocycles. The van der Waals surface area contributed by atoms with Crippen LogP contribution in [0.2, 0.25) is 0 Å². The van der Waals surface area contributed by atoms with E-state index in [1.54, 1.807) is 6.92 Å². The molecule has 6 nitrogen and oxygen atoms in total. The van der Waals surface area contributed by atoms with Gasteiger partial charge in [0.05, 0.1) is 0 Å². The van der Waals surface area contributed by atoms with Crippen molar-refractivity contribution in [2.75, 3.05) is 33.7 Å². The van der Waals surface area contributed by atoms with E-state index in [0.717, 1.165) is 19.4 Å². The molecule has 21 heavy (non-hydrogen) atoms. The molecule has 6 heteroatoms. The van der Waals surface area contributed by atoms with E-state index in [0.29, 0.717) is 19.5 Å². The third-order valence-corrected chi connectivity index (χ3v) is 4.06. The Balaban J connectivity index is 2.67. The molecule has 0 radical (unpaired) electrons. The molecule has 122 valence electrons. The van der Waals surface area contributed by atoms with Gasteiger partial charge in [0, 0.05) is 19.6 Å². The summed E-state index contributed by atoms with van der Waals surface area (Å²) in [5, 5.41) is 12.3. The van der Waals surface area contributed by atoms with Gasteiger partial charge in [0.25, 0.3) is 0 Å². The summed E-state index contributed by atoms with van der Waals surface area (Å²) in [7, 11) is 3.99. The molecular weight excluding hydrogens is 270 g/mol. The average molecular weight is 299 g/mol. The average Bonchev–Trinajstić information content (AvgIpc) is 2.35. The maximum atomic E-state index is 12.4. The predicted octanol–water partition coefficient (Wildman–Crippen LogP) is 1.61. The van der Waals surface area contributed by atoms with Crippen molar-refractivity contribution >= 4 is 12.0 Å². The molecule has 1 unspecified atom stereocenters. The fraction of sp³-hybridized carbons (Fsp3) is 0.867. The van der Waals surface area contributed by atoms with Crippen molar-refractivity contribution in [3.63, 3.8) is 0 Å². The van der Waals surface area contributed by atoms with Gasteiger partial charge < -0.3 is 20.2 Å². The molecule has 0 aliphatic carbocycles. The number of nitrogens with zero attached hydrogens (tertiary/aromatic N) is 2. The summed E-state index contributed by atoms with van der Waals surface area (Å²) in [5.74, 6) is -0.926. The van der Waals surface area contributed by atoms with E-state index < -0.39 is 11.5 Å². The second-order valence-corrected chi connectivity index (χ2v) is 7.25. The number of carbonyl (C=O) groups is 2. The number of carboxylic acid groups (broad SMARTS) is 1. The number of hydrogen-bond donors (Lipinski definition) is 2. The first kappa shape index (κ1) is 17.8. The lowest BCUT2D eigenvalue weighted by Gasteiger charge is -2.42. The maximum absolute atomic E-state index is 12.4. The number of likely N-dealkylation sites (tertiary alicyclic amines) is 1. The van der Waals surface area contributed by atoms with Gasteiger partial charge in [-0.3, -0.25) is 0 Å². The Morgan fingerprint density at radius 2 is 1.95 bits per heavy atom. The fourth-order valence-corrected chi connectivity index (χ4v) is 2.99. The van der Waals surface area contributed by atoms with Crippen molar-refractivity contribution in [2.24, 2.45) is 5.41 Å². The number of rotatable bonds is 5. The van der Waals surface area contributed by atoms with Gasteiger partial charge in [-0.05, 0) is 45.7 Å². The first-order valence-corrected chi connectivity index (χ1v) is 7.52. The Bertz CT molecular complexity index is 396. The first-order valence-electron chi connectivity index (χ1n) is 7.52. The highest BCUT2D eigenvalue weighted by atomic mass is 16.4. The van der Waals surface area contributed by atoms with Crippen LogP contribution < -0.4 is 5.32 Å². The molecule has 1 fully saturated rings. The van der Waals surface area contributed by atoms with Crippen LogP contribution in [0.5, 0.6) is 0 Å². The van der Waals surface area contributed by atoms with E-state index in [1.165, 1.54) is 4.90 Å². The van der Waals surface area contributed by atoms with E-state index in [-0.39, 0.29) is 11.4 Å². The van der Waals surface area contributed by atoms with Crippen molar-refractivity contribution in [1.82, 2.24) is 15.1 Å². The molecule has 0 spiro atoms. The minimum absolute atomic E-state index is 0.0609. The molecule has 0 saturated carbocycles. The van der Waals surface area contributed by atoms with E-state index in [1.807, 2.05) is 14.1 Å². The van der Waals surface area contributed by atoms with Crippen LogP contribution in [-0.4, -0.2) is 66.2 Å². The van der Waals surface area contributed by atoms with Gasteiger partial charge in [0.2, 0.25) is 0 Å². The second kappa shape index (κ2) is 6.64. The molecule has 0 aromatic heterocycles. The van der Waals surface area contributed by atoms with Crippen LogP contribution in [0.25, 0.3) is 0 Å². The molecule has 0 bridgehead atoms. The van der Waals surface area contributed by atoms with Gasteiger partial charge in [-0.25, -0.2) is 9.59 Å². The minimum atomic E-state index is -1.09. The van der Waals surface area contributed by atoms with Gasteiger partial charge in [0.15, 0.2) is 0 Å². The van der Waals surface area contributed by atoms with E-state index in [4.69, 9.17) is 0 Å². The summed E-state index contributed by atoms with van der Waals surface area (Å²) < 4.78 is 0. The summed E-state index contributed by atoms with van der Waals surface area (Å²) in [6.45, 7) is 7.68. The standard InChI is InChI=1S/C15H29N3O3/c1-14(2,11-17(4)5)10-16-13(21)18-9-7-6-8-15(18,3)12(19)20/h6-11H2,1-5H3,(H,16,21)(H,19,20). The predicted molar refractivity (Wildman–Crippen MR) is 82.3 cm³/mol. The Morgan fingerprint density at radius 3 is 2.48 bits per heavy atom. The molecule has 2 N–H and O–H groups in total. The monoisotopic (exact) mass is 299 g/mol. The van der Waals surface area contributed by atoms with Crippen molar-refractivity contribution < 1.29 is 14.7 Å². The zero-order valence-corrected chi connectivity index (χ0v) is 13.9. The molecule has 2 amide bonds. The third-order valence-electron chi connectivity index (χ3n) is 4.06. The number of aliphatic carboxylic acids is 1. The first-order chi connectivity index (χ1) is 9.58. The van der Waals surface area contributed by atoms with Crippen LogP contribution in [0.1, 0.15) is 40.0 Å². The number of urea groups is 1. The summed E-state index contributed by atoms with van der Waals surface area (Å²) in [5.41, 5.74) is -1.15. The van der Waals surface area contributed by atoms with Crippen LogP contribution in [0.3, 0.4) is 0 Å². The third kappa shape index (κ3) is 4.59. The second-order valence-electron chi connectivity index (χ2n) is 7.25. The van der Waals surface area contributed by atoms with E-state index in [2.05, 4.69) is 24.1 Å². The number of piperidine rings is 1. The summed E-state index contributed by atoms with van der Waals surface area (Å²) >= 11 is 0. The van der Waals surface area contributed by atoms with Gasteiger partial charge in [-0.15, -0.1) is 0 Å². The normalized spacial score (nSPS) is 23.2. The van der Waals surface area contributed by atoms with Crippen LogP contribution >= 0.6 is 0 Å². The molecule has 1 aliphatic heterocycles. The highest BCUT2D eigenvalue weighted by Gasteiger charge is 2.44. The van der Waals surface area contributed by atoms with Gasteiger partial charge in [-0.2, -0.15) is 0 Å². The number of amides is 2. The van der Waals surface area contributed by atoms with Crippen LogP contribution in [0.15, 0.2) is 0 Å². The lowest BCUT2D eigenvalue weighted by molar-refractivity contribution is -0.150. The largest absolute Gasteiger partial charge is 0.480 e. The lowest BCUT2D eigenvalue weighted by atomic mass is 9.88. The van der Waals surface area contributed by atoms with Crippen molar-refractivity contribution in [3.05, 3.63) is 0 Å². The molecule has 0 aromatic rings. The molecule has 1 saturated heterocycles. The zero-order chi connectivity index (χ0) is 16.3. The van der Waals surface area contributed by atoms with E-state index in [9.17, 15) is 14.7 Å². The summed E-state index contributed by atoms with van der Waals surface area (Å²) in [6, 6.07) is -0.272. The van der Waals surface area contributed by atoms with Crippen LogP contribution in [0.4, 0.5) is 4.79 Å². The Morgan fingerprint density at radius 1 is 1.33 bits per heavy atom. The topological polar surface area (TPSA) is 72.9 Å². The molecule has 1 atom stereocenters. The number of hydrogen-bond acceptors (Lipinski definition) is 3. The molecule has 1 rings (SSSR count). The number of nitrogens with one attached hydrogen (secondary N) is 1. The highest BCUT2D eigenvalue weighted by Crippen LogP contribution is 2.28. The Kier molecular flexibility index (Phi) is 5.61. The summed E-state index contributed by atoms with van der Waals surface area (Å²) in [6.07, 6.45) is 2.22. The van der Waals surface area contributed by atoms with Gasteiger partial charge in [-0.1, -0.05) is 13.8 Å². The number of carboxylic acids is 1. The smallest absolute Gasteiger partial charge is 0.329 e. The van der Waals surface area contributed by atoms with E-state index >= 15 is 0 Å². The van der Waals surface area contributed by atoms with Gasteiger partial charge >= 0.3 is 12.0 Å². The highest BCUT2D eigenvalue weighted by molar-refractivity contribution is 5.86. The zero-order valence-electron chi connectivity index (χ0n) is 13.9. The molecular formula is C15H29N3O3. The molecule has 1 heterocycles. The Labute approximate surface area is 127 Å². The van der Waals surface area contributed by atoms with Crippen LogP contribution in [0, 0.1) is 5.41 Å². The number of carbonyl (C=O) groups excluding carboxylic acids is 1. The van der Waals surface area contributed by atoms with Crippen molar-refractivity contribution in [1.29, 1.82) is 0 Å². The van der Waals surface area contributed by atoms with Crippen molar-refractivity contribution in [3.8, 4) is 0 Å². The lowest BCUT2D eigenvalue weighted by Crippen LogP contribution is -2.60. The van der Waals surface area contributed by atoms with Crippen LogP contribution in [-0.2, 0) is 4.79 Å². The summed E-state index contributed by atoms with van der Waals surface area (Å²) in [4.78, 5) is 27.5. The van der Waals surface area contributed by atoms with Crippen molar-refractivity contribution in [2.45, 2.75) is 45.6 Å². The SMILES string of the molecule is CN(C)CC(C)(C)CNC(=O)N1CCCCC1(C)C(=O)O. The Hall–Kier alpha value is -1.30. The molecule has 1 aliphatic rings. The minimum Gasteiger partial charge on any atom is -0.480 e.